The first kappa shape index (κ1) is 27.1. The molecule has 0 aliphatic carbocycles. The molecule has 2 aromatic carbocycles. The van der Waals surface area contributed by atoms with Crippen LogP contribution in [-0.4, -0.2) is 52.0 Å². The van der Waals surface area contributed by atoms with Crippen molar-refractivity contribution in [1.82, 2.24) is 19.6 Å². The largest absolute Gasteiger partial charge is 0.492 e. The van der Waals surface area contributed by atoms with Crippen molar-refractivity contribution in [2.75, 3.05) is 36.9 Å². The zero-order valence-electron chi connectivity index (χ0n) is 22.7. The molecule has 4 rings (SSSR count). The molecule has 1 aliphatic heterocycles. The first-order valence-corrected chi connectivity index (χ1v) is 14.3. The minimum Gasteiger partial charge on any atom is -0.492 e. The van der Waals surface area contributed by atoms with Gasteiger partial charge in [0.15, 0.2) is 0 Å². The molecule has 1 unspecified atom stereocenters. The Kier molecular flexibility index (Phi) is 9.18. The molecule has 8 heteroatoms. The molecule has 0 amide bonds. The van der Waals surface area contributed by atoms with Gasteiger partial charge in [0.25, 0.3) is 0 Å². The SMILES string of the molecule is C/C=S(\NC(C)(C)C)c1cccc(Nc2nc(Nc3ccc(OCCN4CCCC4)cc3)ncc2C)c1. The highest BCUT2D eigenvalue weighted by atomic mass is 32.2. The number of rotatable bonds is 10. The van der Waals surface area contributed by atoms with E-state index in [1.807, 2.05) is 37.4 Å². The number of aryl methyl sites for hydroxylation is 1. The van der Waals surface area contributed by atoms with Crippen molar-refractivity contribution in [1.29, 1.82) is 0 Å². The normalized spacial score (nSPS) is 15.1. The van der Waals surface area contributed by atoms with E-state index in [1.54, 1.807) is 0 Å². The zero-order valence-corrected chi connectivity index (χ0v) is 23.5. The molecule has 198 valence electrons. The molecule has 1 atom stereocenters. The fourth-order valence-electron chi connectivity index (χ4n) is 4.12. The second-order valence-electron chi connectivity index (χ2n) is 10.4. The number of hydrogen-bond donors (Lipinski definition) is 3. The Morgan fingerprint density at radius 1 is 1.03 bits per heavy atom. The van der Waals surface area contributed by atoms with Crippen molar-refractivity contribution < 1.29 is 4.74 Å². The van der Waals surface area contributed by atoms with Crippen LogP contribution in [0.2, 0.25) is 0 Å². The molecule has 37 heavy (non-hydrogen) atoms. The Morgan fingerprint density at radius 2 is 1.78 bits per heavy atom. The summed E-state index contributed by atoms with van der Waals surface area (Å²) in [5, 5.41) is 9.01. The standard InChI is InChI=1S/C29H40N6OS/c1-6-37(34-29(3,4)5)26-11-9-10-24(20-26)31-27-22(2)21-30-28(33-27)32-23-12-14-25(15-13-23)36-19-18-35-16-7-8-17-35/h6,9-15,20-21,34H,7-8,16-19H2,1-5H3,(H2,30,31,32,33). The zero-order chi connectivity index (χ0) is 26.3. The third kappa shape index (κ3) is 8.28. The predicted octanol–water partition coefficient (Wildman–Crippen LogP) is 6.50. The van der Waals surface area contributed by atoms with Crippen molar-refractivity contribution in [3.63, 3.8) is 0 Å². The lowest BCUT2D eigenvalue weighted by Gasteiger charge is -2.24. The van der Waals surface area contributed by atoms with Crippen molar-refractivity contribution in [2.24, 2.45) is 0 Å². The van der Waals surface area contributed by atoms with E-state index in [-0.39, 0.29) is 16.2 Å². The van der Waals surface area contributed by atoms with E-state index in [9.17, 15) is 0 Å². The van der Waals surface area contributed by atoms with E-state index in [0.717, 1.165) is 35.1 Å². The number of likely N-dealkylation sites (tertiary alicyclic amines) is 1. The Labute approximate surface area is 224 Å². The van der Waals surface area contributed by atoms with Crippen LogP contribution in [0.5, 0.6) is 5.75 Å². The third-order valence-electron chi connectivity index (χ3n) is 5.96. The van der Waals surface area contributed by atoms with Crippen molar-refractivity contribution in [2.45, 2.75) is 57.9 Å². The highest BCUT2D eigenvalue weighted by Gasteiger charge is 2.13. The van der Waals surface area contributed by atoms with E-state index in [2.05, 4.69) is 82.6 Å². The molecule has 0 radical (unpaired) electrons. The van der Waals surface area contributed by atoms with Gasteiger partial charge in [-0.2, -0.15) is 4.98 Å². The topological polar surface area (TPSA) is 74.3 Å². The summed E-state index contributed by atoms with van der Waals surface area (Å²) in [6.45, 7) is 14.8. The Hall–Kier alpha value is -2.94. The highest BCUT2D eigenvalue weighted by Crippen LogP contribution is 2.29. The molecule has 1 aliphatic rings. The Balaban J connectivity index is 1.38. The molecule has 3 N–H and O–H groups in total. The van der Waals surface area contributed by atoms with E-state index in [1.165, 1.54) is 30.8 Å². The predicted molar refractivity (Wildman–Crippen MR) is 158 cm³/mol. The van der Waals surface area contributed by atoms with Gasteiger partial charge < -0.3 is 15.4 Å². The Morgan fingerprint density at radius 3 is 2.49 bits per heavy atom. The first-order valence-electron chi connectivity index (χ1n) is 13.0. The maximum absolute atomic E-state index is 5.92. The quantitative estimate of drug-likeness (QED) is 0.264. The molecule has 1 saturated heterocycles. The van der Waals surface area contributed by atoms with Gasteiger partial charge in [-0.05, 0) is 108 Å². The molecule has 0 spiro atoms. The van der Waals surface area contributed by atoms with Gasteiger partial charge in [-0.1, -0.05) is 16.7 Å². The lowest BCUT2D eigenvalue weighted by atomic mass is 10.1. The number of nitrogens with zero attached hydrogens (tertiary/aromatic N) is 3. The fraction of sp³-hybridized carbons (Fsp3) is 0.414. The van der Waals surface area contributed by atoms with Crippen LogP contribution in [-0.2, 0) is 0 Å². The lowest BCUT2D eigenvalue weighted by Crippen LogP contribution is -2.31. The Bertz CT molecular complexity index is 1200. The molecule has 1 fully saturated rings. The van der Waals surface area contributed by atoms with Crippen LogP contribution in [0.3, 0.4) is 0 Å². The van der Waals surface area contributed by atoms with Crippen molar-refractivity contribution in [3.8, 4) is 5.75 Å². The molecule has 3 aromatic rings. The summed E-state index contributed by atoms with van der Waals surface area (Å²) in [5.41, 5.74) is 2.92. The first-order chi connectivity index (χ1) is 17.8. The van der Waals surface area contributed by atoms with E-state index in [0.29, 0.717) is 12.6 Å². The number of hydrogen-bond acceptors (Lipinski definition) is 7. The maximum Gasteiger partial charge on any atom is 0.229 e. The van der Waals surface area contributed by atoms with Gasteiger partial charge in [-0.3, -0.25) is 9.62 Å². The third-order valence-corrected chi connectivity index (χ3v) is 8.03. The molecular formula is C29H40N6OS. The summed E-state index contributed by atoms with van der Waals surface area (Å²) in [7, 11) is -0.147. The molecular weight excluding hydrogens is 480 g/mol. The van der Waals surface area contributed by atoms with Crippen LogP contribution in [0, 0.1) is 6.92 Å². The van der Waals surface area contributed by atoms with Gasteiger partial charge in [0, 0.05) is 40.1 Å². The van der Waals surface area contributed by atoms with Gasteiger partial charge in [-0.25, -0.2) is 4.98 Å². The number of benzene rings is 2. The van der Waals surface area contributed by atoms with Gasteiger partial charge in [0.1, 0.15) is 18.2 Å². The summed E-state index contributed by atoms with van der Waals surface area (Å²) in [6.07, 6.45) is 4.44. The van der Waals surface area contributed by atoms with Crippen LogP contribution in [0.1, 0.15) is 46.1 Å². The number of nitrogens with one attached hydrogen (secondary N) is 3. The van der Waals surface area contributed by atoms with E-state index < -0.39 is 0 Å². The maximum atomic E-state index is 5.92. The van der Waals surface area contributed by atoms with Crippen LogP contribution >= 0.6 is 10.7 Å². The molecule has 0 saturated carbocycles. The lowest BCUT2D eigenvalue weighted by molar-refractivity contribution is 0.238. The second-order valence-corrected chi connectivity index (χ2v) is 12.2. The summed E-state index contributed by atoms with van der Waals surface area (Å²) < 4.78 is 9.61. The van der Waals surface area contributed by atoms with E-state index >= 15 is 0 Å². The molecule has 0 bridgehead atoms. The fourth-order valence-corrected chi connectivity index (χ4v) is 5.77. The number of anilines is 4. The minimum atomic E-state index is -0.147. The van der Waals surface area contributed by atoms with Crippen molar-refractivity contribution >= 4 is 39.2 Å². The summed E-state index contributed by atoms with van der Waals surface area (Å²) in [6, 6.07) is 16.4. The molecule has 1 aromatic heterocycles. The van der Waals surface area contributed by atoms with Crippen molar-refractivity contribution in [3.05, 3.63) is 60.3 Å². The minimum absolute atomic E-state index is 0.0286. The van der Waals surface area contributed by atoms with Gasteiger partial charge in [0.05, 0.1) is 0 Å². The average molecular weight is 521 g/mol. The van der Waals surface area contributed by atoms with E-state index in [4.69, 9.17) is 9.72 Å². The summed E-state index contributed by atoms with van der Waals surface area (Å²) >= 11 is 0. The van der Waals surface area contributed by atoms with Crippen LogP contribution in [0.25, 0.3) is 0 Å². The summed E-state index contributed by atoms with van der Waals surface area (Å²) in [4.78, 5) is 12.9. The van der Waals surface area contributed by atoms with Gasteiger partial charge in [0.2, 0.25) is 5.95 Å². The average Bonchev–Trinajstić information content (AvgIpc) is 3.39. The van der Waals surface area contributed by atoms with Gasteiger partial charge >= 0.3 is 0 Å². The molecule has 2 heterocycles. The second kappa shape index (κ2) is 12.5. The number of aromatic nitrogens is 2. The monoisotopic (exact) mass is 520 g/mol. The highest BCUT2D eigenvalue weighted by molar-refractivity contribution is 8.13. The van der Waals surface area contributed by atoms with Crippen LogP contribution < -0.4 is 20.1 Å². The molecule has 7 nitrogen and oxygen atoms in total. The smallest absolute Gasteiger partial charge is 0.229 e. The van der Waals surface area contributed by atoms with Crippen LogP contribution in [0.4, 0.5) is 23.1 Å². The number of ether oxygens (including phenoxy) is 1. The van der Waals surface area contributed by atoms with Crippen LogP contribution in [0.15, 0.2) is 59.6 Å². The summed E-state index contributed by atoms with van der Waals surface area (Å²) in [5.74, 6) is 2.20. The van der Waals surface area contributed by atoms with Gasteiger partial charge in [-0.15, -0.1) is 0 Å².